The minimum absolute atomic E-state index is 0.205. The molecule has 1 saturated heterocycles. The Morgan fingerprint density at radius 1 is 1.52 bits per heavy atom. The van der Waals surface area contributed by atoms with Crippen molar-refractivity contribution < 1.29 is 9.53 Å². The zero-order chi connectivity index (χ0) is 15.2. The molecule has 0 aromatic carbocycles. The third-order valence-corrected chi connectivity index (χ3v) is 4.39. The van der Waals surface area contributed by atoms with Gasteiger partial charge in [-0.25, -0.2) is 9.78 Å². The number of H-pyrrole nitrogens is 1. The quantitative estimate of drug-likeness (QED) is 0.808. The molecular formula is C16H23N3O2. The van der Waals surface area contributed by atoms with E-state index in [9.17, 15) is 4.79 Å². The van der Waals surface area contributed by atoms with Crippen LogP contribution in [0, 0.1) is 5.92 Å². The summed E-state index contributed by atoms with van der Waals surface area (Å²) in [7, 11) is 0. The van der Waals surface area contributed by atoms with Crippen molar-refractivity contribution >= 4 is 6.09 Å². The number of aromatic nitrogens is 2. The number of amides is 1. The second-order valence-electron chi connectivity index (χ2n) is 6.99. The Morgan fingerprint density at radius 3 is 2.90 bits per heavy atom. The number of aromatic amines is 1. The number of carbonyl (C=O) groups is 1. The molecule has 1 N–H and O–H groups in total. The highest BCUT2D eigenvalue weighted by Gasteiger charge is 2.51. The van der Waals surface area contributed by atoms with Crippen LogP contribution in [-0.4, -0.2) is 39.1 Å². The Balaban J connectivity index is 1.73. The second kappa shape index (κ2) is 4.90. The summed E-state index contributed by atoms with van der Waals surface area (Å²) >= 11 is 0. The largest absolute Gasteiger partial charge is 0.444 e. The number of hydrogen-bond acceptors (Lipinski definition) is 3. The fourth-order valence-corrected chi connectivity index (χ4v) is 3.41. The molecule has 2 fully saturated rings. The third-order valence-electron chi connectivity index (χ3n) is 4.39. The number of fused-ring (bicyclic) bond motifs is 1. The average molecular weight is 289 g/mol. The van der Waals surface area contributed by atoms with E-state index in [1.165, 1.54) is 5.57 Å². The summed E-state index contributed by atoms with van der Waals surface area (Å²) in [5.41, 5.74) is 0.776. The van der Waals surface area contributed by atoms with Crippen LogP contribution in [0.1, 0.15) is 45.4 Å². The number of rotatable bonds is 1. The number of likely N-dealkylation sites (tertiary alicyclic amines) is 1. The lowest BCUT2D eigenvalue weighted by atomic mass is 9.62. The van der Waals surface area contributed by atoms with Crippen LogP contribution in [0.15, 0.2) is 24.5 Å². The van der Waals surface area contributed by atoms with E-state index in [4.69, 9.17) is 4.74 Å². The van der Waals surface area contributed by atoms with Crippen molar-refractivity contribution in [1.82, 2.24) is 14.9 Å². The molecule has 0 spiro atoms. The van der Waals surface area contributed by atoms with Gasteiger partial charge >= 0.3 is 6.09 Å². The normalized spacial score (nSPS) is 28.8. The van der Waals surface area contributed by atoms with Gasteiger partial charge in [0.15, 0.2) is 0 Å². The van der Waals surface area contributed by atoms with E-state index in [1.807, 2.05) is 31.9 Å². The van der Waals surface area contributed by atoms with Gasteiger partial charge in [-0.2, -0.15) is 0 Å². The van der Waals surface area contributed by atoms with Crippen LogP contribution >= 0.6 is 0 Å². The van der Waals surface area contributed by atoms with E-state index in [-0.39, 0.29) is 12.1 Å². The van der Waals surface area contributed by atoms with Gasteiger partial charge in [-0.15, -0.1) is 0 Å². The predicted octanol–water partition coefficient (Wildman–Crippen LogP) is 3.08. The molecule has 0 radical (unpaired) electrons. The fourth-order valence-electron chi connectivity index (χ4n) is 3.41. The number of piperidine rings is 1. The predicted molar refractivity (Wildman–Crippen MR) is 79.9 cm³/mol. The number of nitrogens with one attached hydrogen (secondary N) is 1. The maximum Gasteiger partial charge on any atom is 0.410 e. The minimum atomic E-state index is -0.453. The van der Waals surface area contributed by atoms with Crippen molar-refractivity contribution in [3.05, 3.63) is 30.4 Å². The van der Waals surface area contributed by atoms with E-state index >= 15 is 0 Å². The topological polar surface area (TPSA) is 58.2 Å². The van der Waals surface area contributed by atoms with Gasteiger partial charge in [0.25, 0.3) is 0 Å². The van der Waals surface area contributed by atoms with Crippen LogP contribution in [0.25, 0.3) is 0 Å². The summed E-state index contributed by atoms with van der Waals surface area (Å²) < 4.78 is 5.52. The zero-order valence-corrected chi connectivity index (χ0v) is 12.9. The number of carbonyl (C=O) groups excluding carboxylic acids is 1. The molecular weight excluding hydrogens is 266 g/mol. The molecule has 2 unspecified atom stereocenters. The first-order valence-electron chi connectivity index (χ1n) is 7.53. The van der Waals surface area contributed by atoms with Crippen LogP contribution < -0.4 is 0 Å². The van der Waals surface area contributed by atoms with E-state index < -0.39 is 5.60 Å². The highest BCUT2D eigenvalue weighted by atomic mass is 16.6. The highest BCUT2D eigenvalue weighted by molar-refractivity contribution is 5.69. The van der Waals surface area contributed by atoms with Gasteiger partial charge in [-0.1, -0.05) is 12.2 Å². The van der Waals surface area contributed by atoms with Crippen LogP contribution in [0.4, 0.5) is 4.79 Å². The highest BCUT2D eigenvalue weighted by Crippen LogP contribution is 2.51. The Hall–Kier alpha value is -1.78. The van der Waals surface area contributed by atoms with Crippen molar-refractivity contribution in [3.8, 4) is 0 Å². The summed E-state index contributed by atoms with van der Waals surface area (Å²) in [6, 6.07) is 0.205. The van der Waals surface area contributed by atoms with Crippen LogP contribution in [-0.2, 0) is 4.74 Å². The number of imidazole rings is 1. The molecule has 0 bridgehead atoms. The van der Waals surface area contributed by atoms with Crippen molar-refractivity contribution in [2.45, 2.75) is 51.2 Å². The monoisotopic (exact) mass is 289 g/mol. The Kier molecular flexibility index (Phi) is 3.30. The van der Waals surface area contributed by atoms with E-state index in [2.05, 4.69) is 16.5 Å². The fraction of sp³-hybridized carbons (Fsp3) is 0.625. The summed E-state index contributed by atoms with van der Waals surface area (Å²) in [6.45, 7) is 10.6. The first-order valence-corrected chi connectivity index (χ1v) is 7.53. The Bertz CT molecular complexity index is 544. The summed E-state index contributed by atoms with van der Waals surface area (Å²) in [5, 5.41) is 0. The molecule has 1 aromatic heterocycles. The van der Waals surface area contributed by atoms with Crippen molar-refractivity contribution in [1.29, 1.82) is 0 Å². The minimum Gasteiger partial charge on any atom is -0.444 e. The SMILES string of the molecule is C=C1CCN(C(=O)OC(C)(C)C)C2CC(c3ncc[nH]3)[C@H]12. The molecule has 1 aliphatic heterocycles. The van der Waals surface area contributed by atoms with Gasteiger partial charge in [0.05, 0.1) is 0 Å². The summed E-state index contributed by atoms with van der Waals surface area (Å²) in [6.07, 6.45) is 5.19. The smallest absolute Gasteiger partial charge is 0.410 e. The Labute approximate surface area is 125 Å². The van der Waals surface area contributed by atoms with Crippen LogP contribution in [0.3, 0.4) is 0 Å². The van der Waals surface area contributed by atoms with Gasteiger partial charge in [0.1, 0.15) is 11.4 Å². The van der Waals surface area contributed by atoms with Crippen LogP contribution in [0.5, 0.6) is 0 Å². The van der Waals surface area contributed by atoms with Gasteiger partial charge < -0.3 is 14.6 Å². The number of hydrogen-bond donors (Lipinski definition) is 1. The lowest BCUT2D eigenvalue weighted by molar-refractivity contribution is -0.0174. The van der Waals surface area contributed by atoms with E-state index in [0.29, 0.717) is 18.4 Å². The Morgan fingerprint density at radius 2 is 2.29 bits per heavy atom. The van der Waals surface area contributed by atoms with Gasteiger partial charge in [0.2, 0.25) is 0 Å². The number of ether oxygens (including phenoxy) is 1. The third kappa shape index (κ3) is 2.57. The molecule has 3 atom stereocenters. The van der Waals surface area contributed by atoms with Crippen molar-refractivity contribution in [2.24, 2.45) is 5.92 Å². The molecule has 5 heteroatoms. The molecule has 1 amide bonds. The molecule has 2 aliphatic rings. The van der Waals surface area contributed by atoms with Gasteiger partial charge in [-0.3, -0.25) is 0 Å². The van der Waals surface area contributed by atoms with Gasteiger partial charge in [-0.05, 0) is 33.6 Å². The van der Waals surface area contributed by atoms with Crippen molar-refractivity contribution in [2.75, 3.05) is 6.54 Å². The summed E-state index contributed by atoms with van der Waals surface area (Å²) in [5.74, 6) is 1.66. The molecule has 1 saturated carbocycles. The average Bonchev–Trinajstić information content (AvgIpc) is 2.81. The number of nitrogens with zero attached hydrogens (tertiary/aromatic N) is 2. The van der Waals surface area contributed by atoms with E-state index in [1.54, 1.807) is 6.20 Å². The molecule has 21 heavy (non-hydrogen) atoms. The first kappa shape index (κ1) is 14.2. The standard InChI is InChI=1S/C16H23N3O2/c1-10-5-8-19(15(20)21-16(2,3)4)12-9-11(13(10)12)14-17-6-7-18-14/h6-7,11-13H,1,5,8-9H2,2-4H3,(H,17,18)/t11?,12?,13-/m0/s1. The molecule has 3 rings (SSSR count). The lowest BCUT2D eigenvalue weighted by Crippen LogP contribution is -2.58. The lowest BCUT2D eigenvalue weighted by Gasteiger charge is -2.53. The maximum absolute atomic E-state index is 12.4. The molecule has 1 aromatic rings. The molecule has 1 aliphatic carbocycles. The molecule has 114 valence electrons. The van der Waals surface area contributed by atoms with Crippen LogP contribution in [0.2, 0.25) is 0 Å². The van der Waals surface area contributed by atoms with Gasteiger partial charge in [0, 0.05) is 36.8 Å². The summed E-state index contributed by atoms with van der Waals surface area (Å²) in [4.78, 5) is 21.8. The molecule has 2 heterocycles. The maximum atomic E-state index is 12.4. The van der Waals surface area contributed by atoms with Crippen molar-refractivity contribution in [3.63, 3.8) is 0 Å². The first-order chi connectivity index (χ1) is 9.87. The molecule has 5 nitrogen and oxygen atoms in total. The van der Waals surface area contributed by atoms with E-state index in [0.717, 1.165) is 18.7 Å². The second-order valence-corrected chi connectivity index (χ2v) is 6.99. The zero-order valence-electron chi connectivity index (χ0n) is 12.9.